The van der Waals surface area contributed by atoms with Crippen LogP contribution in [0.2, 0.25) is 10.0 Å². The zero-order valence-electron chi connectivity index (χ0n) is 21.6. The Morgan fingerprint density at radius 2 is 1.55 bits per heavy atom. The molecule has 3 aromatic rings. The Morgan fingerprint density at radius 3 is 2.15 bits per heavy atom. The fourth-order valence-electron chi connectivity index (χ4n) is 5.13. The van der Waals surface area contributed by atoms with Gasteiger partial charge in [0, 0.05) is 35.0 Å². The summed E-state index contributed by atoms with van der Waals surface area (Å²) in [5.41, 5.74) is 8.44. The second kappa shape index (κ2) is 12.1. The van der Waals surface area contributed by atoms with E-state index >= 15 is 0 Å². The molecule has 8 nitrogen and oxygen atoms in total. The number of primary amides is 1. The van der Waals surface area contributed by atoms with E-state index in [0.717, 1.165) is 16.8 Å². The van der Waals surface area contributed by atoms with Crippen LogP contribution >= 0.6 is 23.2 Å². The van der Waals surface area contributed by atoms with Gasteiger partial charge in [-0.3, -0.25) is 14.7 Å². The first-order valence-electron chi connectivity index (χ1n) is 13.0. The van der Waals surface area contributed by atoms with Crippen molar-refractivity contribution in [2.75, 3.05) is 19.6 Å². The summed E-state index contributed by atoms with van der Waals surface area (Å²) in [4.78, 5) is 13.9. The number of hydrogen-bond donors (Lipinski definition) is 1. The molecular formula is C29H29Cl2N5O3S. The average Bonchev–Trinajstić information content (AvgIpc) is 3.39. The van der Waals surface area contributed by atoms with Crippen LogP contribution in [-0.2, 0) is 14.8 Å². The first-order valence-corrected chi connectivity index (χ1v) is 15.2. The predicted octanol–water partition coefficient (Wildman–Crippen LogP) is 4.78. The van der Waals surface area contributed by atoms with Crippen molar-refractivity contribution in [2.24, 2.45) is 21.2 Å². The van der Waals surface area contributed by atoms with Crippen molar-refractivity contribution in [3.63, 3.8) is 0 Å². The number of benzene rings is 3. The number of halogens is 2. The summed E-state index contributed by atoms with van der Waals surface area (Å²) in [6, 6.07) is 23.5. The quantitative estimate of drug-likeness (QED) is 0.376. The number of amides is 1. The third kappa shape index (κ3) is 6.39. The third-order valence-corrected chi connectivity index (χ3v) is 9.10. The third-order valence-electron chi connectivity index (χ3n) is 7.33. The number of likely N-dealkylation sites (tertiary alicyclic amines) is 1. The number of carbonyl (C=O) groups excluding carboxylic acids is 1. The van der Waals surface area contributed by atoms with E-state index in [1.807, 2.05) is 47.5 Å². The summed E-state index contributed by atoms with van der Waals surface area (Å²) in [6.45, 7) is 1.60. The van der Waals surface area contributed by atoms with Crippen molar-refractivity contribution in [1.29, 1.82) is 0 Å². The minimum atomic E-state index is -3.98. The Kier molecular flexibility index (Phi) is 8.56. The lowest BCUT2D eigenvalue weighted by atomic mass is 9.90. The van der Waals surface area contributed by atoms with Crippen molar-refractivity contribution < 1.29 is 13.2 Å². The minimum absolute atomic E-state index is 0.0493. The smallest absolute Gasteiger partial charge is 0.282 e. The lowest BCUT2D eigenvalue weighted by molar-refractivity contribution is -0.123. The lowest BCUT2D eigenvalue weighted by Gasteiger charge is -2.38. The second-order valence-corrected chi connectivity index (χ2v) is 12.4. The molecule has 1 amide bonds. The second-order valence-electron chi connectivity index (χ2n) is 9.89. The summed E-state index contributed by atoms with van der Waals surface area (Å²) in [5, 5.41) is 7.98. The highest BCUT2D eigenvalue weighted by Gasteiger charge is 2.36. The highest BCUT2D eigenvalue weighted by Crippen LogP contribution is 2.32. The van der Waals surface area contributed by atoms with Crippen LogP contribution in [-0.4, -0.2) is 62.0 Å². The summed E-state index contributed by atoms with van der Waals surface area (Å²) < 4.78 is 30.3. The van der Waals surface area contributed by atoms with Gasteiger partial charge in [0.1, 0.15) is 6.17 Å². The SMILES string of the molecule is NC(=O)C1CCN(C(C=NS(=O)(=O)c2ccc(Cl)cc2)N2CC(c3ccccc3)C(c3ccc(Cl)cc3)=N2)CC1. The minimum Gasteiger partial charge on any atom is -0.369 e. The predicted molar refractivity (Wildman–Crippen MR) is 158 cm³/mol. The van der Waals surface area contributed by atoms with Crippen LogP contribution in [0.1, 0.15) is 29.9 Å². The fourth-order valence-corrected chi connectivity index (χ4v) is 6.25. The van der Waals surface area contributed by atoms with Crippen molar-refractivity contribution in [3.8, 4) is 0 Å². The van der Waals surface area contributed by atoms with Gasteiger partial charge in [-0.25, -0.2) is 0 Å². The van der Waals surface area contributed by atoms with E-state index in [1.165, 1.54) is 30.5 Å². The molecule has 2 aliphatic rings. The first kappa shape index (κ1) is 28.3. The molecule has 0 bridgehead atoms. The van der Waals surface area contributed by atoms with E-state index in [-0.39, 0.29) is 22.6 Å². The molecule has 0 spiro atoms. The standard InChI is InChI=1S/C29H29Cl2N5O3S/c30-23-8-6-21(7-9-23)28-26(20-4-2-1-3-5-20)19-36(34-28)27(35-16-14-22(15-17-35)29(32)37)18-33-40(38,39)25-12-10-24(31)11-13-25/h1-13,18,22,26-27H,14-17,19H2,(H2,32,37). The maximum atomic E-state index is 13.1. The number of hydrogen-bond acceptors (Lipinski definition) is 6. The van der Waals surface area contributed by atoms with Gasteiger partial charge in [-0.2, -0.15) is 17.9 Å². The highest BCUT2D eigenvalue weighted by atomic mass is 35.5. The van der Waals surface area contributed by atoms with E-state index < -0.39 is 16.2 Å². The molecule has 11 heteroatoms. The van der Waals surface area contributed by atoms with Gasteiger partial charge in [-0.05, 0) is 60.4 Å². The lowest BCUT2D eigenvalue weighted by Crippen LogP contribution is -2.51. The van der Waals surface area contributed by atoms with Crippen molar-refractivity contribution in [3.05, 3.63) is 100 Å². The number of piperidine rings is 1. The molecule has 0 aromatic heterocycles. The molecule has 40 heavy (non-hydrogen) atoms. The van der Waals surface area contributed by atoms with Gasteiger partial charge in [0.15, 0.2) is 0 Å². The van der Waals surface area contributed by atoms with E-state index in [0.29, 0.717) is 42.5 Å². The van der Waals surface area contributed by atoms with Crippen LogP contribution < -0.4 is 5.73 Å². The first-order chi connectivity index (χ1) is 19.2. The number of nitrogens with two attached hydrogens (primary N) is 1. The summed E-state index contributed by atoms with van der Waals surface area (Å²) in [7, 11) is -3.98. The van der Waals surface area contributed by atoms with Crippen molar-refractivity contribution in [2.45, 2.75) is 29.8 Å². The van der Waals surface area contributed by atoms with Gasteiger partial charge < -0.3 is 5.73 Å². The van der Waals surface area contributed by atoms with E-state index in [4.69, 9.17) is 34.0 Å². The Hall–Kier alpha value is -3.24. The van der Waals surface area contributed by atoms with Crippen LogP contribution in [0.3, 0.4) is 0 Å². The molecular weight excluding hydrogens is 569 g/mol. The van der Waals surface area contributed by atoms with Crippen LogP contribution in [0.25, 0.3) is 0 Å². The molecule has 1 fully saturated rings. The molecule has 2 aliphatic heterocycles. The van der Waals surface area contributed by atoms with Crippen LogP contribution in [0.4, 0.5) is 0 Å². The molecule has 2 unspecified atom stereocenters. The van der Waals surface area contributed by atoms with Crippen LogP contribution in [0, 0.1) is 5.92 Å². The summed E-state index contributed by atoms with van der Waals surface area (Å²) >= 11 is 12.1. The van der Waals surface area contributed by atoms with Gasteiger partial charge >= 0.3 is 0 Å². The van der Waals surface area contributed by atoms with E-state index in [2.05, 4.69) is 21.4 Å². The molecule has 208 valence electrons. The molecule has 2 N–H and O–H groups in total. The van der Waals surface area contributed by atoms with E-state index in [9.17, 15) is 13.2 Å². The molecule has 2 atom stereocenters. The number of sulfonamides is 1. The maximum Gasteiger partial charge on any atom is 0.282 e. The van der Waals surface area contributed by atoms with Gasteiger partial charge in [0.2, 0.25) is 5.91 Å². The Bertz CT molecular complexity index is 1510. The average molecular weight is 599 g/mol. The fraction of sp³-hybridized carbons (Fsp3) is 0.276. The topological polar surface area (TPSA) is 108 Å². The van der Waals surface area contributed by atoms with Gasteiger partial charge in [0.25, 0.3) is 10.0 Å². The molecule has 0 aliphatic carbocycles. The van der Waals surface area contributed by atoms with Crippen LogP contribution in [0.5, 0.6) is 0 Å². The monoisotopic (exact) mass is 597 g/mol. The zero-order valence-corrected chi connectivity index (χ0v) is 23.9. The van der Waals surface area contributed by atoms with Crippen molar-refractivity contribution in [1.82, 2.24) is 9.91 Å². The van der Waals surface area contributed by atoms with Gasteiger partial charge in [-0.15, -0.1) is 0 Å². The Labute approximate surface area is 244 Å². The molecule has 3 aromatic carbocycles. The number of nitrogens with zero attached hydrogens (tertiary/aromatic N) is 4. The number of hydrazone groups is 1. The molecule has 1 saturated heterocycles. The van der Waals surface area contributed by atoms with Crippen LogP contribution in [0.15, 0.2) is 93.3 Å². The number of rotatable bonds is 8. The molecule has 2 heterocycles. The van der Waals surface area contributed by atoms with Gasteiger partial charge in [0.05, 0.1) is 23.4 Å². The Balaban J connectivity index is 1.51. The molecule has 0 radical (unpaired) electrons. The largest absolute Gasteiger partial charge is 0.369 e. The zero-order chi connectivity index (χ0) is 28.3. The van der Waals surface area contributed by atoms with E-state index in [1.54, 1.807) is 0 Å². The summed E-state index contributed by atoms with van der Waals surface area (Å²) in [5.74, 6) is -0.590. The maximum absolute atomic E-state index is 13.1. The highest BCUT2D eigenvalue weighted by molar-refractivity contribution is 7.90. The van der Waals surface area contributed by atoms with Gasteiger partial charge in [-0.1, -0.05) is 65.7 Å². The Morgan fingerprint density at radius 1 is 0.950 bits per heavy atom. The van der Waals surface area contributed by atoms with Crippen molar-refractivity contribution >= 4 is 51.1 Å². The summed E-state index contributed by atoms with van der Waals surface area (Å²) in [6.07, 6.45) is 2.03. The normalized spacial score (nSPS) is 19.6. The molecule has 5 rings (SSSR count). The molecule has 0 saturated carbocycles. The number of carbonyl (C=O) groups is 1.